The number of phenols is 2. The van der Waals surface area contributed by atoms with Gasteiger partial charge >= 0.3 is 0 Å². The zero-order chi connectivity index (χ0) is 38.4. The minimum Gasteiger partial charge on any atom is -0.507 e. The van der Waals surface area contributed by atoms with Gasteiger partial charge in [0.2, 0.25) is 0 Å². The van der Waals surface area contributed by atoms with Crippen molar-refractivity contribution in [1.82, 2.24) is 9.13 Å². The maximum absolute atomic E-state index is 11.3. The fourth-order valence-corrected chi connectivity index (χ4v) is 7.50. The number of fused-ring (bicyclic) bond motifs is 6. The molecular formula is C48H54N4O2. The number of aromatic hydroxyl groups is 2. The topological polar surface area (TPSA) is 75.0 Å². The predicted molar refractivity (Wildman–Crippen MR) is 230 cm³/mol. The van der Waals surface area contributed by atoms with Crippen LogP contribution in [0.1, 0.15) is 103 Å². The highest BCUT2D eigenvalue weighted by atomic mass is 16.3. The number of aliphatic imine (C=N–C) groups is 2. The van der Waals surface area contributed by atoms with Crippen LogP contribution >= 0.6 is 0 Å². The van der Waals surface area contributed by atoms with E-state index >= 15 is 0 Å². The average molecular weight is 719 g/mol. The molecule has 0 fully saturated rings. The van der Waals surface area contributed by atoms with Crippen LogP contribution in [-0.2, 0) is 23.9 Å². The second kappa shape index (κ2) is 14.5. The second-order valence-electron chi connectivity index (χ2n) is 16.8. The van der Waals surface area contributed by atoms with Gasteiger partial charge in [0.05, 0.1) is 22.4 Å². The summed E-state index contributed by atoms with van der Waals surface area (Å²) in [6.45, 7) is 19.7. The van der Waals surface area contributed by atoms with Crippen molar-refractivity contribution in [2.24, 2.45) is 9.98 Å². The van der Waals surface area contributed by atoms with E-state index in [-0.39, 0.29) is 22.3 Å². The Kier molecular flexibility index (Phi) is 9.91. The van der Waals surface area contributed by atoms with Gasteiger partial charge in [-0.15, -0.1) is 0 Å². The Bertz CT molecular complexity index is 2390. The van der Waals surface area contributed by atoms with Gasteiger partial charge in [-0.2, -0.15) is 0 Å². The first kappa shape index (κ1) is 37.0. The average Bonchev–Trinajstić information content (AvgIpc) is 3.60. The molecule has 5 aromatic carbocycles. The molecule has 0 aliphatic rings. The highest BCUT2D eigenvalue weighted by molar-refractivity contribution is 6.11. The van der Waals surface area contributed by atoms with Crippen molar-refractivity contribution in [3.63, 3.8) is 0 Å². The molecule has 0 saturated heterocycles. The van der Waals surface area contributed by atoms with E-state index in [2.05, 4.69) is 113 Å². The molecule has 0 spiro atoms. The van der Waals surface area contributed by atoms with Crippen LogP contribution in [0.15, 0.2) is 94.9 Å². The number of hydrogen-bond donors (Lipinski definition) is 2. The first-order valence-electron chi connectivity index (χ1n) is 19.5. The lowest BCUT2D eigenvalue weighted by Crippen LogP contribution is -2.11. The summed E-state index contributed by atoms with van der Waals surface area (Å²) in [5.41, 5.74) is 9.86. The molecule has 6 heteroatoms. The number of aromatic nitrogens is 2. The number of nitrogens with zero attached hydrogens (tertiary/aromatic N) is 4. The van der Waals surface area contributed by atoms with Gasteiger partial charge in [-0.1, -0.05) is 105 Å². The molecule has 54 heavy (non-hydrogen) atoms. The molecule has 0 amide bonds. The molecule has 2 heterocycles. The molecule has 0 bridgehead atoms. The third kappa shape index (κ3) is 7.02. The Labute approximate surface area is 319 Å². The first-order valence-corrected chi connectivity index (χ1v) is 19.5. The van der Waals surface area contributed by atoms with E-state index < -0.39 is 0 Å². The molecule has 6 nitrogen and oxygen atoms in total. The van der Waals surface area contributed by atoms with Crippen LogP contribution < -0.4 is 0 Å². The monoisotopic (exact) mass is 718 g/mol. The Morgan fingerprint density at radius 2 is 0.907 bits per heavy atom. The van der Waals surface area contributed by atoms with Crippen LogP contribution in [0.4, 0.5) is 11.4 Å². The van der Waals surface area contributed by atoms with E-state index in [0.29, 0.717) is 22.5 Å². The minimum absolute atomic E-state index is 0.0344. The van der Waals surface area contributed by atoms with Gasteiger partial charge in [-0.3, -0.25) is 9.98 Å². The maximum Gasteiger partial charge on any atom is 0.125 e. The smallest absolute Gasteiger partial charge is 0.125 e. The summed E-state index contributed by atoms with van der Waals surface area (Å²) in [5, 5.41) is 26.9. The SMILES string of the molecule is CCCCn1c2cc(C(C)(C)C)ccc2c2cc(O)c(C=Nc3ccccc3N=Cc3cc4c(cc3O)c3ccc(C(C)(C)C)cc3n4CCCC)cc21. The van der Waals surface area contributed by atoms with Gasteiger partial charge in [0.25, 0.3) is 0 Å². The molecule has 7 rings (SSSR count). The van der Waals surface area contributed by atoms with Crippen molar-refractivity contribution in [3.8, 4) is 11.5 Å². The molecule has 278 valence electrons. The summed E-state index contributed by atoms with van der Waals surface area (Å²) in [4.78, 5) is 9.70. The number of hydrogen-bond acceptors (Lipinski definition) is 4. The molecule has 7 aromatic rings. The van der Waals surface area contributed by atoms with Crippen molar-refractivity contribution in [1.29, 1.82) is 0 Å². The zero-order valence-corrected chi connectivity index (χ0v) is 33.2. The summed E-state index contributed by atoms with van der Waals surface area (Å²) in [6.07, 6.45) is 7.78. The zero-order valence-electron chi connectivity index (χ0n) is 33.2. The Hall–Kier alpha value is -5.36. The van der Waals surface area contributed by atoms with E-state index in [1.807, 2.05) is 36.4 Å². The van der Waals surface area contributed by atoms with Crippen molar-refractivity contribution >= 4 is 67.4 Å². The third-order valence-electron chi connectivity index (χ3n) is 10.8. The summed E-state index contributed by atoms with van der Waals surface area (Å²) >= 11 is 0. The fourth-order valence-electron chi connectivity index (χ4n) is 7.50. The lowest BCUT2D eigenvalue weighted by atomic mass is 9.86. The van der Waals surface area contributed by atoms with E-state index in [1.54, 1.807) is 12.4 Å². The number of benzene rings is 5. The highest BCUT2D eigenvalue weighted by Crippen LogP contribution is 2.38. The van der Waals surface area contributed by atoms with Gasteiger partial charge < -0.3 is 19.3 Å². The summed E-state index contributed by atoms with van der Waals surface area (Å²) in [5.74, 6) is 0.376. The van der Waals surface area contributed by atoms with Gasteiger partial charge in [-0.05, 0) is 83.3 Å². The van der Waals surface area contributed by atoms with E-state index in [0.717, 1.165) is 71.4 Å². The molecule has 0 aliphatic carbocycles. The molecule has 0 atom stereocenters. The molecule has 0 saturated carbocycles. The Morgan fingerprint density at radius 1 is 0.519 bits per heavy atom. The van der Waals surface area contributed by atoms with E-state index in [4.69, 9.17) is 9.98 Å². The van der Waals surface area contributed by atoms with Gasteiger partial charge in [0.15, 0.2) is 0 Å². The van der Waals surface area contributed by atoms with Gasteiger partial charge in [0.1, 0.15) is 11.5 Å². The molecule has 2 N–H and O–H groups in total. The van der Waals surface area contributed by atoms with E-state index in [9.17, 15) is 10.2 Å². The number of rotatable bonds is 10. The molecule has 2 aromatic heterocycles. The number of aryl methyl sites for hydroxylation is 2. The lowest BCUT2D eigenvalue weighted by molar-refractivity contribution is 0.474. The van der Waals surface area contributed by atoms with Crippen LogP contribution in [0.2, 0.25) is 0 Å². The summed E-state index contributed by atoms with van der Waals surface area (Å²) in [7, 11) is 0. The largest absolute Gasteiger partial charge is 0.507 e. The third-order valence-corrected chi connectivity index (χ3v) is 10.8. The molecule has 0 unspecified atom stereocenters. The van der Waals surface area contributed by atoms with Crippen LogP contribution in [-0.4, -0.2) is 31.8 Å². The number of phenolic OH excluding ortho intramolecular Hbond substituents is 2. The Morgan fingerprint density at radius 3 is 1.28 bits per heavy atom. The number of unbranched alkanes of at least 4 members (excludes halogenated alkanes) is 2. The van der Waals surface area contributed by atoms with E-state index in [1.165, 1.54) is 22.2 Å². The van der Waals surface area contributed by atoms with Crippen molar-refractivity contribution in [2.75, 3.05) is 0 Å². The first-order chi connectivity index (χ1) is 25.8. The van der Waals surface area contributed by atoms with Crippen LogP contribution in [0.5, 0.6) is 11.5 Å². The summed E-state index contributed by atoms with van der Waals surface area (Å²) < 4.78 is 4.79. The molecule has 0 aliphatic heterocycles. The minimum atomic E-state index is 0.0344. The van der Waals surface area contributed by atoms with Crippen molar-refractivity contribution in [2.45, 2.75) is 105 Å². The predicted octanol–water partition coefficient (Wildman–Crippen LogP) is 13.0. The lowest BCUT2D eigenvalue weighted by Gasteiger charge is -2.19. The van der Waals surface area contributed by atoms with Crippen molar-refractivity contribution in [3.05, 3.63) is 107 Å². The van der Waals surface area contributed by atoms with Crippen LogP contribution in [0, 0.1) is 0 Å². The highest BCUT2D eigenvalue weighted by Gasteiger charge is 2.20. The molecular weight excluding hydrogens is 665 g/mol. The fraction of sp³-hybridized carbons (Fsp3) is 0.333. The number of para-hydroxylation sites is 2. The van der Waals surface area contributed by atoms with Crippen LogP contribution in [0.25, 0.3) is 43.6 Å². The van der Waals surface area contributed by atoms with Gasteiger partial charge in [-0.25, -0.2) is 0 Å². The standard InChI is InChI=1S/C48H54N4O2/c1-9-11-21-51-41-23-31(45(53)27-37(41)35-19-17-33(25-43(35)51)47(3,4)5)29-49-39-15-13-14-16-40(39)50-30-32-24-42-38(28-46(32)54)36-20-18-34(48(6,7)8)26-44(36)52(42)22-12-10-2/h13-20,23-30,53-54H,9-12,21-22H2,1-8H3. The normalized spacial score (nSPS) is 12.9. The Balaban J connectivity index is 1.26. The van der Waals surface area contributed by atoms with Gasteiger partial charge in [0, 0.05) is 69.2 Å². The quantitative estimate of drug-likeness (QED) is 0.138. The van der Waals surface area contributed by atoms with Crippen LogP contribution in [0.3, 0.4) is 0 Å². The second-order valence-corrected chi connectivity index (χ2v) is 16.8. The maximum atomic E-state index is 11.3. The van der Waals surface area contributed by atoms with Crippen molar-refractivity contribution < 1.29 is 10.2 Å². The molecule has 0 radical (unpaired) electrons. The summed E-state index contributed by atoms with van der Waals surface area (Å²) in [6, 6.07) is 29.0.